The van der Waals surface area contributed by atoms with E-state index in [1.807, 2.05) is 23.1 Å². The van der Waals surface area contributed by atoms with Crippen molar-refractivity contribution in [3.05, 3.63) is 67.8 Å². The number of carbonyl (C=O) groups is 1. The van der Waals surface area contributed by atoms with Crippen molar-refractivity contribution in [3.63, 3.8) is 0 Å². The number of aryl methyl sites for hydroxylation is 1. The third-order valence-corrected chi connectivity index (χ3v) is 8.93. The van der Waals surface area contributed by atoms with Crippen LogP contribution in [0.5, 0.6) is 0 Å². The summed E-state index contributed by atoms with van der Waals surface area (Å²) in [6, 6.07) is 6.49. The Hall–Kier alpha value is -3.43. The van der Waals surface area contributed by atoms with Gasteiger partial charge in [0.2, 0.25) is 0 Å². The average Bonchev–Trinajstić information content (AvgIpc) is 3.65. The summed E-state index contributed by atoms with van der Waals surface area (Å²) in [6.07, 6.45) is 5.00. The lowest BCUT2D eigenvalue weighted by atomic mass is 10.1. The number of benzene rings is 1. The minimum absolute atomic E-state index is 0.0655. The van der Waals surface area contributed by atoms with E-state index in [0.717, 1.165) is 42.8 Å². The number of aromatic amines is 2. The molecule has 1 aromatic carbocycles. The predicted octanol–water partition coefficient (Wildman–Crippen LogP) is 4.77. The Morgan fingerprint density at radius 1 is 1.24 bits per heavy atom. The van der Waals surface area contributed by atoms with E-state index in [1.54, 1.807) is 17.5 Å². The highest BCUT2D eigenvalue weighted by Crippen LogP contribution is 2.30. The van der Waals surface area contributed by atoms with Crippen molar-refractivity contribution < 1.29 is 4.79 Å². The zero-order chi connectivity index (χ0) is 26.4. The second-order valence-electron chi connectivity index (χ2n) is 10.8. The van der Waals surface area contributed by atoms with Gasteiger partial charge in [0.1, 0.15) is 11.4 Å². The van der Waals surface area contributed by atoms with Crippen LogP contribution in [0, 0.1) is 6.92 Å². The molecule has 0 radical (unpaired) electrons. The van der Waals surface area contributed by atoms with E-state index in [-0.39, 0.29) is 17.5 Å². The Kier molecular flexibility index (Phi) is 6.57. The third kappa shape index (κ3) is 4.65. The van der Waals surface area contributed by atoms with Gasteiger partial charge in [-0.1, -0.05) is 0 Å². The number of hydrogen-bond donors (Lipinski definition) is 3. The van der Waals surface area contributed by atoms with Crippen LogP contribution in [0.25, 0.3) is 22.4 Å². The van der Waals surface area contributed by atoms with Gasteiger partial charge in [-0.3, -0.25) is 14.5 Å². The van der Waals surface area contributed by atoms with Crippen LogP contribution in [0.4, 0.5) is 5.69 Å². The van der Waals surface area contributed by atoms with Crippen molar-refractivity contribution in [2.75, 3.05) is 25.0 Å². The van der Waals surface area contributed by atoms with Crippen LogP contribution in [0.15, 0.2) is 40.0 Å². The average molecular weight is 531 g/mol. The molecule has 5 heterocycles. The van der Waals surface area contributed by atoms with Crippen LogP contribution in [-0.2, 0) is 13.0 Å². The highest BCUT2D eigenvalue weighted by molar-refractivity contribution is 7.08. The van der Waals surface area contributed by atoms with Crippen LogP contribution in [0.3, 0.4) is 0 Å². The monoisotopic (exact) mass is 530 g/mol. The number of aromatic nitrogens is 3. The lowest BCUT2D eigenvalue weighted by Gasteiger charge is -2.24. The number of amides is 1. The van der Waals surface area contributed by atoms with Crippen LogP contribution in [-0.4, -0.2) is 62.4 Å². The van der Waals surface area contributed by atoms with Crippen LogP contribution >= 0.6 is 11.3 Å². The molecule has 0 spiro atoms. The molecule has 0 bridgehead atoms. The van der Waals surface area contributed by atoms with Gasteiger partial charge in [0, 0.05) is 43.5 Å². The summed E-state index contributed by atoms with van der Waals surface area (Å²) in [7, 11) is 0. The van der Waals surface area contributed by atoms with Crippen molar-refractivity contribution in [2.45, 2.75) is 58.7 Å². The number of nitrogens with zero attached hydrogens (tertiary/aromatic N) is 3. The number of imidazole rings is 1. The molecule has 1 saturated heterocycles. The summed E-state index contributed by atoms with van der Waals surface area (Å²) in [5, 5.41) is 7.86. The first-order valence-corrected chi connectivity index (χ1v) is 14.4. The van der Waals surface area contributed by atoms with Gasteiger partial charge in [0.25, 0.3) is 11.5 Å². The van der Waals surface area contributed by atoms with Crippen molar-refractivity contribution in [3.8, 4) is 11.4 Å². The Balaban J connectivity index is 1.23. The van der Waals surface area contributed by atoms with Gasteiger partial charge >= 0.3 is 0 Å². The molecule has 198 valence electrons. The highest BCUT2D eigenvalue weighted by atomic mass is 32.1. The molecule has 1 fully saturated rings. The Morgan fingerprint density at radius 2 is 2.11 bits per heavy atom. The fourth-order valence-corrected chi connectivity index (χ4v) is 6.70. The van der Waals surface area contributed by atoms with E-state index in [1.165, 1.54) is 24.0 Å². The number of H-pyrrole nitrogens is 2. The summed E-state index contributed by atoms with van der Waals surface area (Å²) in [5.41, 5.74) is 6.85. The van der Waals surface area contributed by atoms with Crippen LogP contribution < -0.4 is 10.9 Å². The SMILES string of the molecule is Cc1cscc1C[C@H](C)Nc1cc[nH]c(=O)c1-c1nc2cc3c(cc2[nH]1)CN(CCN1CCC[C@@H]1C)C3=O. The van der Waals surface area contributed by atoms with Gasteiger partial charge in [-0.25, -0.2) is 4.98 Å². The fourth-order valence-electron chi connectivity index (χ4n) is 5.83. The molecule has 3 aromatic heterocycles. The number of hydrogen-bond acceptors (Lipinski definition) is 6. The van der Waals surface area contributed by atoms with E-state index in [0.29, 0.717) is 35.1 Å². The molecule has 0 saturated carbocycles. The highest BCUT2D eigenvalue weighted by Gasteiger charge is 2.30. The first-order valence-electron chi connectivity index (χ1n) is 13.4. The topological polar surface area (TPSA) is 97.1 Å². The maximum atomic E-state index is 13.2. The Morgan fingerprint density at radius 3 is 2.87 bits per heavy atom. The van der Waals surface area contributed by atoms with Gasteiger partial charge in [0.15, 0.2) is 0 Å². The molecule has 6 rings (SSSR count). The third-order valence-electron chi connectivity index (χ3n) is 8.02. The van der Waals surface area contributed by atoms with Gasteiger partial charge in [-0.15, -0.1) is 0 Å². The van der Waals surface area contributed by atoms with Gasteiger partial charge in [-0.05, 0) is 92.2 Å². The van der Waals surface area contributed by atoms with Gasteiger partial charge in [-0.2, -0.15) is 11.3 Å². The van der Waals surface area contributed by atoms with E-state index < -0.39 is 0 Å². The molecule has 8 nitrogen and oxygen atoms in total. The summed E-state index contributed by atoms with van der Waals surface area (Å²) in [4.78, 5) is 41.5. The summed E-state index contributed by atoms with van der Waals surface area (Å²) >= 11 is 1.71. The minimum atomic E-state index is -0.209. The summed E-state index contributed by atoms with van der Waals surface area (Å²) < 4.78 is 0. The van der Waals surface area contributed by atoms with Crippen molar-refractivity contribution in [2.24, 2.45) is 0 Å². The Bertz CT molecular complexity index is 1550. The number of carbonyl (C=O) groups excluding carboxylic acids is 1. The van der Waals surface area contributed by atoms with Crippen molar-refractivity contribution in [1.29, 1.82) is 0 Å². The number of anilines is 1. The predicted molar refractivity (Wildman–Crippen MR) is 153 cm³/mol. The molecule has 2 atom stereocenters. The maximum absolute atomic E-state index is 13.2. The van der Waals surface area contributed by atoms with Crippen molar-refractivity contribution >= 4 is 34.0 Å². The number of thiophene rings is 1. The van der Waals surface area contributed by atoms with E-state index in [4.69, 9.17) is 4.98 Å². The molecule has 3 N–H and O–H groups in total. The number of fused-ring (bicyclic) bond motifs is 2. The van der Waals surface area contributed by atoms with Crippen LogP contribution in [0.1, 0.15) is 53.7 Å². The molecule has 0 unspecified atom stereocenters. The Labute approximate surface area is 226 Å². The second-order valence-corrected chi connectivity index (χ2v) is 11.5. The molecule has 4 aromatic rings. The molecule has 2 aliphatic rings. The maximum Gasteiger partial charge on any atom is 0.261 e. The van der Waals surface area contributed by atoms with E-state index in [2.05, 4.69) is 51.7 Å². The number of nitrogens with one attached hydrogen (secondary N) is 3. The molecule has 2 aliphatic heterocycles. The first kappa shape index (κ1) is 24.9. The zero-order valence-corrected chi connectivity index (χ0v) is 23.0. The summed E-state index contributed by atoms with van der Waals surface area (Å²) in [5.74, 6) is 0.565. The quantitative estimate of drug-likeness (QED) is 0.305. The smallest absolute Gasteiger partial charge is 0.261 e. The number of pyridine rings is 1. The second kappa shape index (κ2) is 10.0. The molecule has 1 amide bonds. The summed E-state index contributed by atoms with van der Waals surface area (Å²) in [6.45, 7) is 9.89. The zero-order valence-electron chi connectivity index (χ0n) is 22.1. The van der Waals surface area contributed by atoms with Gasteiger partial charge < -0.3 is 20.2 Å². The molecular formula is C29H34N6O2S. The first-order chi connectivity index (χ1) is 18.4. The normalized spacial score (nSPS) is 18.4. The van der Waals surface area contributed by atoms with E-state index >= 15 is 0 Å². The minimum Gasteiger partial charge on any atom is -0.381 e. The van der Waals surface area contributed by atoms with E-state index in [9.17, 15) is 9.59 Å². The fraction of sp³-hybridized carbons (Fsp3) is 0.414. The van der Waals surface area contributed by atoms with Crippen molar-refractivity contribution in [1.82, 2.24) is 24.8 Å². The molecule has 38 heavy (non-hydrogen) atoms. The number of rotatable bonds is 8. The molecular weight excluding hydrogens is 496 g/mol. The van der Waals surface area contributed by atoms with Crippen LogP contribution in [0.2, 0.25) is 0 Å². The van der Waals surface area contributed by atoms with Gasteiger partial charge in [0.05, 0.1) is 16.7 Å². The largest absolute Gasteiger partial charge is 0.381 e. The number of likely N-dealkylation sites (tertiary alicyclic amines) is 1. The standard InChI is InChI=1S/C29H34N6O2S/c1-17-15-38-16-21(17)11-18(2)31-23-6-7-30-28(36)26(23)27-32-24-12-20-14-35(10-9-34-8-4-5-19(34)3)29(37)22(20)13-25(24)33-27/h6-7,12-13,15-16,18-19H,4-5,8-11,14H2,1-3H3,(H,32,33)(H2,30,31,36)/t18-,19-/m0/s1. The molecule has 9 heteroatoms. The molecule has 0 aliphatic carbocycles. The lowest BCUT2D eigenvalue weighted by molar-refractivity contribution is 0.0756. The lowest BCUT2D eigenvalue weighted by Crippen LogP contribution is -2.36.